The van der Waals surface area contributed by atoms with E-state index in [1.807, 2.05) is 0 Å². The molecule has 0 aliphatic heterocycles. The number of halogens is 4. The van der Waals surface area contributed by atoms with Gasteiger partial charge in [-0.1, -0.05) is 23.7 Å². The molecule has 0 aliphatic carbocycles. The van der Waals surface area contributed by atoms with Gasteiger partial charge in [0, 0.05) is 11.6 Å². The van der Waals surface area contributed by atoms with E-state index in [0.717, 1.165) is 0 Å². The Morgan fingerprint density at radius 2 is 1.68 bits per heavy atom. The quantitative estimate of drug-likeness (QED) is 0.858. The molecule has 0 bridgehead atoms. The highest BCUT2D eigenvalue weighted by Gasteiger charge is 2.30. The molecule has 1 aromatic carbocycles. The third kappa shape index (κ3) is 3.51. The van der Waals surface area contributed by atoms with E-state index < -0.39 is 6.36 Å². The number of aromatic amines is 1. The van der Waals surface area contributed by atoms with Crippen molar-refractivity contribution in [3.63, 3.8) is 0 Å². The molecular formula is C12H7ClF3NO2. The molecule has 19 heavy (non-hydrogen) atoms. The maximum absolute atomic E-state index is 12.0. The highest BCUT2D eigenvalue weighted by molar-refractivity contribution is 6.32. The Morgan fingerprint density at radius 1 is 1.05 bits per heavy atom. The van der Waals surface area contributed by atoms with Crippen molar-refractivity contribution < 1.29 is 17.9 Å². The Hall–Kier alpha value is -1.95. The third-order valence-corrected chi connectivity index (χ3v) is 2.57. The van der Waals surface area contributed by atoms with Crippen LogP contribution in [0.15, 0.2) is 41.2 Å². The predicted octanol–water partition coefficient (Wildman–Crippen LogP) is 3.59. The number of pyridine rings is 1. The second-order valence-corrected chi connectivity index (χ2v) is 4.00. The normalized spacial score (nSPS) is 11.4. The van der Waals surface area contributed by atoms with Gasteiger partial charge in [-0.25, -0.2) is 0 Å². The Bertz CT molecular complexity index is 635. The van der Waals surface area contributed by atoms with Gasteiger partial charge in [0.05, 0.1) is 0 Å². The first-order valence-corrected chi connectivity index (χ1v) is 5.48. The van der Waals surface area contributed by atoms with Gasteiger partial charge in [-0.15, -0.1) is 13.2 Å². The summed E-state index contributed by atoms with van der Waals surface area (Å²) in [5.74, 6) is -0.322. The summed E-state index contributed by atoms with van der Waals surface area (Å²) in [5, 5.41) is 0.122. The van der Waals surface area contributed by atoms with Crippen LogP contribution in [-0.4, -0.2) is 11.3 Å². The fourth-order valence-electron chi connectivity index (χ4n) is 1.51. The molecule has 2 aromatic rings. The first-order valence-electron chi connectivity index (χ1n) is 5.10. The maximum atomic E-state index is 12.0. The minimum Gasteiger partial charge on any atom is -0.406 e. The fraction of sp³-hybridized carbons (Fsp3) is 0.0833. The first kappa shape index (κ1) is 13.5. The van der Waals surface area contributed by atoms with Gasteiger partial charge in [-0.3, -0.25) is 4.79 Å². The van der Waals surface area contributed by atoms with Gasteiger partial charge in [0.25, 0.3) is 0 Å². The molecule has 0 spiro atoms. The van der Waals surface area contributed by atoms with Crippen LogP contribution < -0.4 is 10.3 Å². The summed E-state index contributed by atoms with van der Waals surface area (Å²) in [5.41, 5.74) is 0.723. The van der Waals surface area contributed by atoms with E-state index in [1.165, 1.54) is 36.4 Å². The van der Waals surface area contributed by atoms with Crippen LogP contribution in [0.5, 0.6) is 5.75 Å². The van der Waals surface area contributed by atoms with Crippen molar-refractivity contribution in [3.8, 4) is 16.9 Å². The molecule has 0 amide bonds. The van der Waals surface area contributed by atoms with Gasteiger partial charge in [-0.2, -0.15) is 0 Å². The molecule has 3 nitrogen and oxygen atoms in total. The number of H-pyrrole nitrogens is 1. The van der Waals surface area contributed by atoms with E-state index in [2.05, 4.69) is 9.72 Å². The van der Waals surface area contributed by atoms with E-state index in [4.69, 9.17) is 11.6 Å². The lowest BCUT2D eigenvalue weighted by atomic mass is 10.1. The van der Waals surface area contributed by atoms with Crippen LogP contribution in [0.4, 0.5) is 13.2 Å². The lowest BCUT2D eigenvalue weighted by Gasteiger charge is -2.09. The van der Waals surface area contributed by atoms with E-state index >= 15 is 0 Å². The van der Waals surface area contributed by atoms with Gasteiger partial charge in [0.2, 0.25) is 5.56 Å². The number of aromatic nitrogens is 1. The number of ether oxygens (including phenoxy) is 1. The van der Waals surface area contributed by atoms with E-state index in [-0.39, 0.29) is 16.5 Å². The van der Waals surface area contributed by atoms with Gasteiger partial charge in [0.15, 0.2) is 0 Å². The zero-order valence-electron chi connectivity index (χ0n) is 9.29. The minimum atomic E-state index is -4.73. The van der Waals surface area contributed by atoms with Crippen molar-refractivity contribution in [3.05, 3.63) is 51.9 Å². The molecule has 1 heterocycles. The number of alkyl halides is 3. The van der Waals surface area contributed by atoms with Crippen molar-refractivity contribution in [2.24, 2.45) is 0 Å². The van der Waals surface area contributed by atoms with E-state index in [0.29, 0.717) is 11.1 Å². The van der Waals surface area contributed by atoms with Crippen LogP contribution in [0.1, 0.15) is 0 Å². The average Bonchev–Trinajstić information content (AvgIpc) is 2.28. The summed E-state index contributed by atoms with van der Waals surface area (Å²) >= 11 is 5.84. The topological polar surface area (TPSA) is 42.1 Å². The van der Waals surface area contributed by atoms with E-state index in [1.54, 1.807) is 0 Å². The third-order valence-electron chi connectivity index (χ3n) is 2.27. The molecule has 2 rings (SSSR count). The minimum absolute atomic E-state index is 0.122. The highest BCUT2D eigenvalue weighted by atomic mass is 35.5. The van der Waals surface area contributed by atoms with Gasteiger partial charge in [0.1, 0.15) is 10.9 Å². The molecule has 0 unspecified atom stereocenters. The van der Waals surface area contributed by atoms with Crippen molar-refractivity contribution in [1.82, 2.24) is 4.98 Å². The Balaban J connectivity index is 2.30. The fourth-order valence-corrected chi connectivity index (χ4v) is 1.77. The number of benzene rings is 1. The molecule has 1 N–H and O–H groups in total. The van der Waals surface area contributed by atoms with Crippen molar-refractivity contribution >= 4 is 11.6 Å². The zero-order chi connectivity index (χ0) is 14.0. The van der Waals surface area contributed by atoms with E-state index in [9.17, 15) is 18.0 Å². The molecule has 100 valence electrons. The van der Waals surface area contributed by atoms with Crippen LogP contribution in [0.25, 0.3) is 11.1 Å². The van der Waals surface area contributed by atoms with Gasteiger partial charge >= 0.3 is 6.36 Å². The van der Waals surface area contributed by atoms with Crippen LogP contribution in [-0.2, 0) is 0 Å². The van der Waals surface area contributed by atoms with Gasteiger partial charge < -0.3 is 9.72 Å². The van der Waals surface area contributed by atoms with Crippen LogP contribution in [0, 0.1) is 0 Å². The largest absolute Gasteiger partial charge is 0.573 e. The number of rotatable bonds is 2. The highest BCUT2D eigenvalue weighted by Crippen LogP contribution is 2.28. The first-order chi connectivity index (χ1) is 8.85. The summed E-state index contributed by atoms with van der Waals surface area (Å²) in [6.07, 6.45) is -4.73. The van der Waals surface area contributed by atoms with Crippen molar-refractivity contribution in [2.45, 2.75) is 6.36 Å². The lowest BCUT2D eigenvalue weighted by Crippen LogP contribution is -2.16. The molecule has 1 aromatic heterocycles. The zero-order valence-corrected chi connectivity index (χ0v) is 10.0. The SMILES string of the molecule is O=c1ccc(-c2ccc(OC(F)(F)F)cc2)c(Cl)[nH]1. The molecular weight excluding hydrogens is 283 g/mol. The summed E-state index contributed by atoms with van der Waals surface area (Å²) in [7, 11) is 0. The summed E-state index contributed by atoms with van der Waals surface area (Å²) in [6, 6.07) is 7.94. The maximum Gasteiger partial charge on any atom is 0.573 e. The average molecular weight is 290 g/mol. The van der Waals surface area contributed by atoms with Crippen LogP contribution in [0.2, 0.25) is 5.15 Å². The molecule has 7 heteroatoms. The number of nitrogens with one attached hydrogen (secondary N) is 1. The monoisotopic (exact) mass is 289 g/mol. The lowest BCUT2D eigenvalue weighted by molar-refractivity contribution is -0.274. The second kappa shape index (κ2) is 4.97. The molecule has 0 aliphatic rings. The standard InChI is InChI=1S/C12H7ClF3NO2/c13-11-9(5-6-10(18)17-11)7-1-3-8(4-2-7)19-12(14,15)16/h1-6H,(H,17,18). The van der Waals surface area contributed by atoms with Crippen molar-refractivity contribution in [2.75, 3.05) is 0 Å². The molecule has 0 saturated carbocycles. The smallest absolute Gasteiger partial charge is 0.406 e. The molecule has 0 atom stereocenters. The Labute approximate surface area is 110 Å². The molecule has 0 radical (unpaired) electrons. The second-order valence-electron chi connectivity index (χ2n) is 3.62. The molecule has 0 fully saturated rings. The summed E-state index contributed by atoms with van der Waals surface area (Å²) < 4.78 is 39.7. The predicted molar refractivity (Wildman–Crippen MR) is 64.2 cm³/mol. The van der Waals surface area contributed by atoms with Gasteiger partial charge in [-0.05, 0) is 23.8 Å². The summed E-state index contributed by atoms with van der Waals surface area (Å²) in [4.78, 5) is 13.4. The summed E-state index contributed by atoms with van der Waals surface area (Å²) in [6.45, 7) is 0. The number of hydrogen-bond donors (Lipinski definition) is 1. The van der Waals surface area contributed by atoms with Crippen LogP contribution in [0.3, 0.4) is 0 Å². The molecule has 0 saturated heterocycles. The number of hydrogen-bond acceptors (Lipinski definition) is 2. The van der Waals surface area contributed by atoms with Crippen molar-refractivity contribution in [1.29, 1.82) is 0 Å². The Morgan fingerprint density at radius 3 is 2.21 bits per heavy atom. The Kier molecular flexibility index (Phi) is 3.53. The van der Waals surface area contributed by atoms with Crippen LogP contribution >= 0.6 is 11.6 Å².